The Bertz CT molecular complexity index is 174. The molecular formula is C7H9F2NO. The number of alkyl halides is 2. The zero-order valence-electron chi connectivity index (χ0n) is 6.10. The van der Waals surface area contributed by atoms with Crippen molar-refractivity contribution in [2.24, 2.45) is 0 Å². The van der Waals surface area contributed by atoms with Gasteiger partial charge in [-0.1, -0.05) is 12.8 Å². The minimum atomic E-state index is -2.99. The molecule has 0 aromatic heterocycles. The zero-order valence-corrected chi connectivity index (χ0v) is 6.10. The molecule has 1 atom stereocenters. The van der Waals surface area contributed by atoms with Gasteiger partial charge in [0.15, 0.2) is 0 Å². The van der Waals surface area contributed by atoms with Gasteiger partial charge >= 0.3 is 6.43 Å². The Hall–Kier alpha value is -1.11. The summed E-state index contributed by atoms with van der Waals surface area (Å²) in [6.45, 7) is 1.70. The quantitative estimate of drug-likeness (QED) is 0.609. The van der Waals surface area contributed by atoms with Crippen LogP contribution in [-0.4, -0.2) is 18.4 Å². The number of rotatable bonds is 3. The fourth-order valence-electron chi connectivity index (χ4n) is 0.496. The molecule has 0 radical (unpaired) electrons. The van der Waals surface area contributed by atoms with Crippen molar-refractivity contribution in [1.82, 2.24) is 5.32 Å². The summed E-state index contributed by atoms with van der Waals surface area (Å²) in [5, 5.41) is 1.99. The molecule has 0 fully saturated rings. The van der Waals surface area contributed by atoms with Crippen molar-refractivity contribution in [3.63, 3.8) is 0 Å². The first-order chi connectivity index (χ1) is 5.11. The second-order valence-electron chi connectivity index (χ2n) is 1.94. The van der Waals surface area contributed by atoms with Crippen LogP contribution in [0.25, 0.3) is 0 Å². The Morgan fingerprint density at radius 1 is 1.73 bits per heavy atom. The number of carbonyl (C=O) groups excluding carboxylic acids is 1. The van der Waals surface area contributed by atoms with E-state index in [0.29, 0.717) is 6.42 Å². The van der Waals surface area contributed by atoms with Gasteiger partial charge in [-0.25, -0.2) is 0 Å². The molecule has 11 heavy (non-hydrogen) atoms. The Morgan fingerprint density at radius 2 is 2.27 bits per heavy atom. The summed E-state index contributed by atoms with van der Waals surface area (Å²) < 4.78 is 23.2. The van der Waals surface area contributed by atoms with E-state index in [1.807, 2.05) is 5.32 Å². The molecule has 0 spiro atoms. The third-order valence-corrected chi connectivity index (χ3v) is 1.12. The zero-order chi connectivity index (χ0) is 8.85. The molecule has 0 saturated carbocycles. The van der Waals surface area contributed by atoms with Gasteiger partial charge in [0.2, 0.25) is 0 Å². The van der Waals surface area contributed by atoms with Gasteiger partial charge in [-0.15, -0.1) is 6.42 Å². The molecule has 0 aliphatic heterocycles. The summed E-state index contributed by atoms with van der Waals surface area (Å²) in [6, 6.07) is -0.587. The molecule has 0 bridgehead atoms. The van der Waals surface area contributed by atoms with Crippen molar-refractivity contribution in [2.75, 3.05) is 0 Å². The number of nitrogens with one attached hydrogen (secondary N) is 1. The first-order valence-electron chi connectivity index (χ1n) is 3.16. The van der Waals surface area contributed by atoms with E-state index in [1.165, 1.54) is 0 Å². The van der Waals surface area contributed by atoms with Crippen molar-refractivity contribution >= 4 is 5.91 Å². The molecule has 2 nitrogen and oxygen atoms in total. The molecule has 4 heteroatoms. The van der Waals surface area contributed by atoms with Crippen LogP contribution in [0.5, 0.6) is 0 Å². The van der Waals surface area contributed by atoms with Gasteiger partial charge in [0.1, 0.15) is 0 Å². The molecule has 0 aliphatic carbocycles. The van der Waals surface area contributed by atoms with Gasteiger partial charge in [0.05, 0.1) is 6.04 Å². The molecule has 0 heterocycles. The van der Waals surface area contributed by atoms with Crippen LogP contribution in [0.2, 0.25) is 0 Å². The lowest BCUT2D eigenvalue weighted by Gasteiger charge is -2.08. The minimum absolute atomic E-state index is 0.453. The van der Waals surface area contributed by atoms with Crippen molar-refractivity contribution < 1.29 is 13.6 Å². The van der Waals surface area contributed by atoms with Crippen LogP contribution in [-0.2, 0) is 4.79 Å². The first kappa shape index (κ1) is 9.89. The summed E-state index contributed by atoms with van der Waals surface area (Å²) >= 11 is 0. The van der Waals surface area contributed by atoms with Crippen LogP contribution < -0.4 is 5.32 Å². The monoisotopic (exact) mass is 161 g/mol. The van der Waals surface area contributed by atoms with Gasteiger partial charge < -0.3 is 5.32 Å². The highest BCUT2D eigenvalue weighted by Gasteiger charge is 2.16. The predicted octanol–water partition coefficient (Wildman–Crippen LogP) is 0.779. The van der Waals surface area contributed by atoms with Gasteiger partial charge in [0, 0.05) is 0 Å². The van der Waals surface area contributed by atoms with Crippen LogP contribution in [0, 0.1) is 12.3 Å². The normalized spacial score (nSPS) is 12.3. The van der Waals surface area contributed by atoms with Crippen molar-refractivity contribution in [3.8, 4) is 12.3 Å². The van der Waals surface area contributed by atoms with Crippen LogP contribution in [0.4, 0.5) is 8.78 Å². The number of amides is 1. The smallest absolute Gasteiger partial charge is 0.315 e. The van der Waals surface area contributed by atoms with Crippen LogP contribution >= 0.6 is 0 Å². The molecule has 0 aliphatic rings. The largest absolute Gasteiger partial charge is 0.338 e. The van der Waals surface area contributed by atoms with E-state index in [0.717, 1.165) is 0 Å². The lowest BCUT2D eigenvalue weighted by molar-refractivity contribution is -0.132. The number of carbonyl (C=O) groups is 1. The summed E-state index contributed by atoms with van der Waals surface area (Å²) in [7, 11) is 0. The highest BCUT2D eigenvalue weighted by Crippen LogP contribution is 1.94. The maximum atomic E-state index is 11.6. The first-order valence-corrected chi connectivity index (χ1v) is 3.16. The van der Waals surface area contributed by atoms with E-state index in [1.54, 1.807) is 6.92 Å². The summed E-state index contributed by atoms with van der Waals surface area (Å²) in [5.41, 5.74) is 0. The van der Waals surface area contributed by atoms with Gasteiger partial charge in [-0.05, 0) is 6.42 Å². The molecular weight excluding hydrogens is 152 g/mol. The van der Waals surface area contributed by atoms with E-state index in [-0.39, 0.29) is 0 Å². The Kier molecular flexibility index (Phi) is 4.20. The number of hydrogen-bond donors (Lipinski definition) is 1. The summed E-state index contributed by atoms with van der Waals surface area (Å²) in [4.78, 5) is 10.3. The van der Waals surface area contributed by atoms with Gasteiger partial charge in [-0.2, -0.15) is 8.78 Å². The molecule has 0 rings (SSSR count). The average Bonchev–Trinajstić information content (AvgIpc) is 1.99. The lowest BCUT2D eigenvalue weighted by atomic mass is 10.2. The third kappa shape index (κ3) is 3.56. The highest BCUT2D eigenvalue weighted by molar-refractivity contribution is 5.79. The van der Waals surface area contributed by atoms with Crippen LogP contribution in [0.15, 0.2) is 0 Å². The van der Waals surface area contributed by atoms with Crippen LogP contribution in [0.3, 0.4) is 0 Å². The summed E-state index contributed by atoms with van der Waals surface area (Å²) in [6.07, 6.45) is 2.39. The van der Waals surface area contributed by atoms with Gasteiger partial charge in [-0.3, -0.25) is 4.79 Å². The molecule has 1 amide bonds. The highest BCUT2D eigenvalue weighted by atomic mass is 19.3. The maximum Gasteiger partial charge on any atom is 0.315 e. The molecule has 1 N–H and O–H groups in total. The van der Waals surface area contributed by atoms with Crippen molar-refractivity contribution in [2.45, 2.75) is 25.8 Å². The average molecular weight is 161 g/mol. The molecule has 62 valence electrons. The van der Waals surface area contributed by atoms with E-state index < -0.39 is 18.4 Å². The standard InChI is InChI=1S/C7H9F2NO/c1-3-5(4-2)10-7(11)6(8)9/h1,5-6H,4H2,2H3,(H,10,11). The Labute approximate surface area is 64.0 Å². The maximum absolute atomic E-state index is 11.6. The third-order valence-electron chi connectivity index (χ3n) is 1.12. The number of hydrogen-bond acceptors (Lipinski definition) is 1. The minimum Gasteiger partial charge on any atom is -0.338 e. The lowest BCUT2D eigenvalue weighted by Crippen LogP contribution is -2.37. The second-order valence-corrected chi connectivity index (χ2v) is 1.94. The van der Waals surface area contributed by atoms with Gasteiger partial charge in [0.25, 0.3) is 5.91 Å². The van der Waals surface area contributed by atoms with E-state index in [4.69, 9.17) is 6.42 Å². The molecule has 0 aromatic rings. The second kappa shape index (κ2) is 4.67. The van der Waals surface area contributed by atoms with E-state index >= 15 is 0 Å². The Balaban J connectivity index is 3.84. The number of halogens is 2. The fraction of sp³-hybridized carbons (Fsp3) is 0.571. The Morgan fingerprint density at radius 3 is 2.55 bits per heavy atom. The molecule has 0 saturated heterocycles. The SMILES string of the molecule is C#CC(CC)NC(=O)C(F)F. The van der Waals surface area contributed by atoms with Crippen LogP contribution in [0.1, 0.15) is 13.3 Å². The topological polar surface area (TPSA) is 29.1 Å². The van der Waals surface area contributed by atoms with Crippen molar-refractivity contribution in [3.05, 3.63) is 0 Å². The van der Waals surface area contributed by atoms with Crippen molar-refractivity contribution in [1.29, 1.82) is 0 Å². The van der Waals surface area contributed by atoms with E-state index in [2.05, 4.69) is 5.92 Å². The number of terminal acetylenes is 1. The fourth-order valence-corrected chi connectivity index (χ4v) is 0.496. The molecule has 1 unspecified atom stereocenters. The molecule has 0 aromatic carbocycles. The predicted molar refractivity (Wildman–Crippen MR) is 37.1 cm³/mol. The summed E-state index contributed by atoms with van der Waals surface area (Å²) in [5.74, 6) is 0.862. The van der Waals surface area contributed by atoms with E-state index in [9.17, 15) is 13.6 Å².